The topological polar surface area (TPSA) is 130 Å². The number of rotatable bonds is 7. The van der Waals surface area contributed by atoms with Crippen LogP contribution in [-0.4, -0.2) is 32.8 Å². The van der Waals surface area contributed by atoms with Crippen LogP contribution in [0.25, 0.3) is 21.3 Å². The van der Waals surface area contributed by atoms with E-state index in [-0.39, 0.29) is 17.0 Å². The lowest BCUT2D eigenvalue weighted by Crippen LogP contribution is -2.20. The standard InChI is InChI=1S/C22H17N5O4S2/c1-13-5-7-15(8-6-13)17-11-32-21-19(17)20(29)24-22(25-21)33-12-18(28)26-23-10-14-3-2-4-16(9-14)27(30)31/h2-11H,12H2,1H3,(H,26,28)(H,24,25,29)/b23-10+. The second-order valence-electron chi connectivity index (χ2n) is 7.00. The van der Waals surface area contributed by atoms with Gasteiger partial charge in [-0.05, 0) is 12.5 Å². The first-order valence-corrected chi connectivity index (χ1v) is 11.5. The molecule has 2 N–H and O–H groups in total. The van der Waals surface area contributed by atoms with Crippen LogP contribution in [0.2, 0.25) is 0 Å². The average molecular weight is 480 g/mol. The Morgan fingerprint density at radius 2 is 2.09 bits per heavy atom. The van der Waals surface area contributed by atoms with Gasteiger partial charge in [0.2, 0.25) is 0 Å². The van der Waals surface area contributed by atoms with Gasteiger partial charge in [0.25, 0.3) is 17.2 Å². The molecule has 0 aliphatic rings. The van der Waals surface area contributed by atoms with Crippen molar-refractivity contribution in [1.29, 1.82) is 0 Å². The summed E-state index contributed by atoms with van der Waals surface area (Å²) in [7, 11) is 0. The first kappa shape index (κ1) is 22.4. The van der Waals surface area contributed by atoms with E-state index in [0.29, 0.717) is 20.9 Å². The maximum atomic E-state index is 12.7. The van der Waals surface area contributed by atoms with Gasteiger partial charge in [0.05, 0.1) is 22.3 Å². The summed E-state index contributed by atoms with van der Waals surface area (Å²) < 4.78 is 0. The molecule has 0 bridgehead atoms. The molecule has 0 saturated carbocycles. The highest BCUT2D eigenvalue weighted by atomic mass is 32.2. The van der Waals surface area contributed by atoms with Gasteiger partial charge in [0.1, 0.15) is 4.83 Å². The molecule has 2 heterocycles. The van der Waals surface area contributed by atoms with Gasteiger partial charge in [-0.25, -0.2) is 10.4 Å². The van der Waals surface area contributed by atoms with E-state index < -0.39 is 10.8 Å². The number of hydrazone groups is 1. The summed E-state index contributed by atoms with van der Waals surface area (Å²) in [6.45, 7) is 2.00. The van der Waals surface area contributed by atoms with Crippen LogP contribution in [0.1, 0.15) is 11.1 Å². The second-order valence-corrected chi connectivity index (χ2v) is 8.82. The van der Waals surface area contributed by atoms with Crippen molar-refractivity contribution in [2.75, 3.05) is 5.75 Å². The molecular formula is C22H17N5O4S2. The molecule has 0 aliphatic carbocycles. The number of thiophene rings is 1. The van der Waals surface area contributed by atoms with Crippen LogP contribution in [0.3, 0.4) is 0 Å². The quantitative estimate of drug-likeness (QED) is 0.135. The van der Waals surface area contributed by atoms with Gasteiger partial charge in [-0.1, -0.05) is 53.7 Å². The molecule has 2 aromatic carbocycles. The van der Waals surface area contributed by atoms with Crippen molar-refractivity contribution in [3.8, 4) is 11.1 Å². The number of nitrogens with one attached hydrogen (secondary N) is 2. The first-order chi connectivity index (χ1) is 15.9. The Morgan fingerprint density at radius 3 is 2.85 bits per heavy atom. The highest BCUT2D eigenvalue weighted by Crippen LogP contribution is 2.31. The molecule has 1 amide bonds. The zero-order chi connectivity index (χ0) is 23.4. The number of thioether (sulfide) groups is 1. The second kappa shape index (κ2) is 9.76. The number of benzene rings is 2. The molecule has 0 atom stereocenters. The van der Waals surface area contributed by atoms with E-state index in [2.05, 4.69) is 20.5 Å². The maximum absolute atomic E-state index is 12.7. The van der Waals surface area contributed by atoms with Crippen molar-refractivity contribution in [2.24, 2.45) is 5.10 Å². The number of nitrogens with zero attached hydrogens (tertiary/aromatic N) is 3. The number of H-pyrrole nitrogens is 1. The number of hydrogen-bond acceptors (Lipinski definition) is 8. The van der Waals surface area contributed by atoms with Gasteiger partial charge in [0.15, 0.2) is 5.16 Å². The number of aryl methyl sites for hydroxylation is 1. The Kier molecular flexibility index (Phi) is 6.61. The summed E-state index contributed by atoms with van der Waals surface area (Å²) in [6, 6.07) is 13.8. The lowest BCUT2D eigenvalue weighted by Gasteiger charge is -2.02. The predicted molar refractivity (Wildman–Crippen MR) is 130 cm³/mol. The van der Waals surface area contributed by atoms with E-state index in [4.69, 9.17) is 0 Å². The van der Waals surface area contributed by atoms with Crippen molar-refractivity contribution < 1.29 is 9.72 Å². The minimum Gasteiger partial charge on any atom is -0.301 e. The Balaban J connectivity index is 1.40. The SMILES string of the molecule is Cc1ccc(-c2csc3nc(SCC(=O)N/N=C/c4cccc([N+](=O)[O-])c4)[nH]c(=O)c23)cc1. The van der Waals surface area contributed by atoms with Crippen molar-refractivity contribution in [3.63, 3.8) is 0 Å². The molecular weight excluding hydrogens is 462 g/mol. The van der Waals surface area contributed by atoms with Crippen LogP contribution in [0.4, 0.5) is 5.69 Å². The van der Waals surface area contributed by atoms with E-state index in [1.165, 1.54) is 35.8 Å². The third-order valence-electron chi connectivity index (χ3n) is 4.61. The van der Waals surface area contributed by atoms with Crippen LogP contribution >= 0.6 is 23.1 Å². The van der Waals surface area contributed by atoms with Crippen LogP contribution in [-0.2, 0) is 4.79 Å². The van der Waals surface area contributed by atoms with Crippen molar-refractivity contribution in [2.45, 2.75) is 12.1 Å². The molecule has 4 aromatic rings. The number of aromatic nitrogens is 2. The molecule has 9 nitrogen and oxygen atoms in total. The van der Waals surface area contributed by atoms with Crippen LogP contribution in [0, 0.1) is 17.0 Å². The van der Waals surface area contributed by atoms with Crippen LogP contribution in [0.5, 0.6) is 0 Å². The largest absolute Gasteiger partial charge is 0.301 e. The van der Waals surface area contributed by atoms with Gasteiger partial charge in [-0.15, -0.1) is 11.3 Å². The average Bonchev–Trinajstić information content (AvgIpc) is 3.23. The number of hydrogen-bond donors (Lipinski definition) is 2. The number of fused-ring (bicyclic) bond motifs is 1. The first-order valence-electron chi connectivity index (χ1n) is 9.68. The number of nitro benzene ring substituents is 1. The van der Waals surface area contributed by atoms with Crippen molar-refractivity contribution >= 4 is 51.1 Å². The summed E-state index contributed by atoms with van der Waals surface area (Å²) in [5, 5.41) is 17.4. The summed E-state index contributed by atoms with van der Waals surface area (Å²) in [6.07, 6.45) is 1.32. The van der Waals surface area contributed by atoms with Crippen molar-refractivity contribution in [3.05, 3.63) is 85.5 Å². The van der Waals surface area contributed by atoms with E-state index >= 15 is 0 Å². The van der Waals surface area contributed by atoms with Crippen molar-refractivity contribution in [1.82, 2.24) is 15.4 Å². The zero-order valence-corrected chi connectivity index (χ0v) is 18.9. The van der Waals surface area contributed by atoms with E-state index in [1.54, 1.807) is 6.07 Å². The van der Waals surface area contributed by atoms with Crippen LogP contribution in [0.15, 0.2) is 69.0 Å². The predicted octanol–water partition coefficient (Wildman–Crippen LogP) is 4.11. The zero-order valence-electron chi connectivity index (χ0n) is 17.3. The maximum Gasteiger partial charge on any atom is 0.270 e. The molecule has 0 unspecified atom stereocenters. The van der Waals surface area contributed by atoms with E-state index in [1.807, 2.05) is 36.6 Å². The molecule has 4 rings (SSSR count). The highest BCUT2D eigenvalue weighted by Gasteiger charge is 2.14. The number of amides is 1. The van der Waals surface area contributed by atoms with Crippen LogP contribution < -0.4 is 11.0 Å². The minimum atomic E-state index is -0.505. The molecule has 0 aliphatic heterocycles. The molecule has 33 heavy (non-hydrogen) atoms. The fraction of sp³-hybridized carbons (Fsp3) is 0.0909. The molecule has 0 spiro atoms. The fourth-order valence-corrected chi connectivity index (χ4v) is 4.67. The molecule has 2 aromatic heterocycles. The Hall–Kier alpha value is -3.83. The third kappa shape index (κ3) is 5.33. The Morgan fingerprint density at radius 1 is 1.30 bits per heavy atom. The summed E-state index contributed by atoms with van der Waals surface area (Å²) in [5.74, 6) is -0.423. The van der Waals surface area contributed by atoms with Gasteiger partial charge in [-0.2, -0.15) is 5.10 Å². The summed E-state index contributed by atoms with van der Waals surface area (Å²) in [4.78, 5) is 42.9. The monoisotopic (exact) mass is 479 g/mol. The van der Waals surface area contributed by atoms with Gasteiger partial charge >= 0.3 is 0 Å². The lowest BCUT2D eigenvalue weighted by molar-refractivity contribution is -0.384. The van der Waals surface area contributed by atoms with Gasteiger partial charge in [0, 0.05) is 28.6 Å². The van der Waals surface area contributed by atoms with Gasteiger partial charge < -0.3 is 4.98 Å². The number of aromatic amines is 1. The molecule has 0 saturated heterocycles. The summed E-state index contributed by atoms with van der Waals surface area (Å²) in [5.41, 5.74) is 5.42. The molecule has 0 fully saturated rings. The third-order valence-corrected chi connectivity index (χ3v) is 6.35. The summed E-state index contributed by atoms with van der Waals surface area (Å²) >= 11 is 2.46. The molecule has 0 radical (unpaired) electrons. The number of carbonyl (C=O) groups is 1. The molecule has 11 heteroatoms. The molecule has 166 valence electrons. The van der Waals surface area contributed by atoms with E-state index in [9.17, 15) is 19.7 Å². The number of nitro groups is 1. The Bertz CT molecular complexity index is 1430. The number of carbonyl (C=O) groups excluding carboxylic acids is 1. The Labute approximate surface area is 195 Å². The lowest BCUT2D eigenvalue weighted by atomic mass is 10.1. The highest BCUT2D eigenvalue weighted by molar-refractivity contribution is 7.99. The smallest absolute Gasteiger partial charge is 0.270 e. The van der Waals surface area contributed by atoms with Gasteiger partial charge in [-0.3, -0.25) is 19.7 Å². The number of non-ortho nitro benzene ring substituents is 1. The fourth-order valence-electron chi connectivity index (χ4n) is 3.01. The normalized spacial score (nSPS) is 11.2. The van der Waals surface area contributed by atoms with E-state index in [0.717, 1.165) is 28.5 Å². The minimum absolute atomic E-state index is 0.0169.